The van der Waals surface area contributed by atoms with Gasteiger partial charge in [-0.3, -0.25) is 9.89 Å². The normalized spacial score (nSPS) is 15.7. The summed E-state index contributed by atoms with van der Waals surface area (Å²) in [6.45, 7) is 9.81. The molecule has 0 bridgehead atoms. The van der Waals surface area contributed by atoms with E-state index in [4.69, 9.17) is 4.74 Å². The smallest absolute Gasteiger partial charge is 0.191 e. The van der Waals surface area contributed by atoms with Crippen molar-refractivity contribution < 1.29 is 9.84 Å². The molecule has 7 heteroatoms. The molecular formula is C19H33IN4O2. The van der Waals surface area contributed by atoms with Crippen LogP contribution in [0.5, 0.6) is 0 Å². The molecule has 3 N–H and O–H groups in total. The van der Waals surface area contributed by atoms with E-state index in [1.54, 1.807) is 0 Å². The van der Waals surface area contributed by atoms with E-state index in [-0.39, 0.29) is 24.0 Å². The zero-order valence-corrected chi connectivity index (χ0v) is 18.2. The van der Waals surface area contributed by atoms with Crippen molar-refractivity contribution in [2.24, 2.45) is 4.99 Å². The maximum atomic E-state index is 10.3. The second-order valence-electron chi connectivity index (χ2n) is 6.25. The molecule has 1 aliphatic rings. The van der Waals surface area contributed by atoms with Crippen LogP contribution in [-0.2, 0) is 17.7 Å². The van der Waals surface area contributed by atoms with Crippen LogP contribution in [0.1, 0.15) is 25.0 Å². The molecule has 0 saturated carbocycles. The van der Waals surface area contributed by atoms with Gasteiger partial charge < -0.3 is 20.5 Å². The number of aliphatic imine (C=N–C) groups is 1. The van der Waals surface area contributed by atoms with Crippen LogP contribution < -0.4 is 10.6 Å². The molecule has 26 heavy (non-hydrogen) atoms. The van der Waals surface area contributed by atoms with E-state index in [2.05, 4.69) is 44.8 Å². The molecule has 1 aromatic carbocycles. The van der Waals surface area contributed by atoms with E-state index in [1.165, 1.54) is 11.1 Å². The van der Waals surface area contributed by atoms with Crippen molar-refractivity contribution in [3.05, 3.63) is 35.4 Å². The number of halogens is 1. The molecule has 1 heterocycles. The number of β-amino-alcohol motifs (C(OH)–C–C–N with tert-alkyl or cyclic N) is 1. The number of hydrogen-bond donors (Lipinski definition) is 3. The molecule has 1 unspecified atom stereocenters. The molecular weight excluding hydrogens is 443 g/mol. The summed E-state index contributed by atoms with van der Waals surface area (Å²) in [6, 6.07) is 8.56. The van der Waals surface area contributed by atoms with E-state index in [0.29, 0.717) is 32.8 Å². The van der Waals surface area contributed by atoms with E-state index in [1.807, 2.05) is 13.8 Å². The Morgan fingerprint density at radius 3 is 2.77 bits per heavy atom. The molecule has 6 nitrogen and oxygen atoms in total. The molecule has 1 aliphatic heterocycles. The molecule has 148 valence electrons. The number of hydrogen-bond acceptors (Lipinski definition) is 4. The van der Waals surface area contributed by atoms with Crippen molar-refractivity contribution in [2.45, 2.75) is 32.9 Å². The fourth-order valence-corrected chi connectivity index (χ4v) is 2.99. The van der Waals surface area contributed by atoms with Crippen molar-refractivity contribution in [1.29, 1.82) is 0 Å². The molecule has 0 radical (unpaired) electrons. The number of nitrogens with zero attached hydrogens (tertiary/aromatic N) is 2. The second kappa shape index (κ2) is 13.3. The van der Waals surface area contributed by atoms with Gasteiger partial charge in [0, 0.05) is 39.3 Å². The summed E-state index contributed by atoms with van der Waals surface area (Å²) in [7, 11) is 0. The zero-order valence-electron chi connectivity index (χ0n) is 15.9. The number of fused-ring (bicyclic) bond motifs is 1. The third kappa shape index (κ3) is 8.20. The van der Waals surface area contributed by atoms with Crippen molar-refractivity contribution in [2.75, 3.05) is 45.9 Å². The molecule has 0 aliphatic carbocycles. The average Bonchev–Trinajstić information content (AvgIpc) is 2.63. The number of ether oxygens (including phenoxy) is 1. The number of rotatable bonds is 9. The van der Waals surface area contributed by atoms with Crippen LogP contribution in [0.15, 0.2) is 29.3 Å². The lowest BCUT2D eigenvalue weighted by Gasteiger charge is -2.30. The van der Waals surface area contributed by atoms with E-state index in [9.17, 15) is 5.11 Å². The first-order chi connectivity index (χ1) is 12.2. The standard InChI is InChI=1S/C19H32N4O2.HI/c1-3-20-19(21-10-12-25-4-2)22-13-18(24)15-23-11-9-16-7-5-6-8-17(16)14-23;/h5-8,18,24H,3-4,9-15H2,1-2H3,(H2,20,21,22);1H. The van der Waals surface area contributed by atoms with Gasteiger partial charge in [0.25, 0.3) is 0 Å². The Morgan fingerprint density at radius 2 is 2.04 bits per heavy atom. The van der Waals surface area contributed by atoms with Crippen molar-refractivity contribution in [3.8, 4) is 0 Å². The highest BCUT2D eigenvalue weighted by molar-refractivity contribution is 14.0. The summed E-state index contributed by atoms with van der Waals surface area (Å²) in [4.78, 5) is 6.79. The van der Waals surface area contributed by atoms with Crippen LogP contribution in [0.25, 0.3) is 0 Å². The first-order valence-electron chi connectivity index (χ1n) is 9.30. The Labute approximate surface area is 174 Å². The van der Waals surface area contributed by atoms with Gasteiger partial charge in [-0.25, -0.2) is 0 Å². The van der Waals surface area contributed by atoms with Crippen LogP contribution >= 0.6 is 24.0 Å². The SMILES string of the molecule is CCNC(=NCC(O)CN1CCc2ccccc2C1)NCCOCC.I. The number of benzene rings is 1. The average molecular weight is 476 g/mol. The number of aliphatic hydroxyl groups is 1. The number of aliphatic hydroxyl groups excluding tert-OH is 1. The predicted molar refractivity (Wildman–Crippen MR) is 117 cm³/mol. The van der Waals surface area contributed by atoms with Gasteiger partial charge in [-0.15, -0.1) is 24.0 Å². The fourth-order valence-electron chi connectivity index (χ4n) is 2.99. The highest BCUT2D eigenvalue weighted by Gasteiger charge is 2.18. The topological polar surface area (TPSA) is 69.1 Å². The van der Waals surface area contributed by atoms with E-state index >= 15 is 0 Å². The van der Waals surface area contributed by atoms with Gasteiger partial charge in [-0.1, -0.05) is 24.3 Å². The van der Waals surface area contributed by atoms with Crippen molar-refractivity contribution in [1.82, 2.24) is 15.5 Å². The van der Waals surface area contributed by atoms with Gasteiger partial charge >= 0.3 is 0 Å². The Bertz CT molecular complexity index is 542. The highest BCUT2D eigenvalue weighted by atomic mass is 127. The molecule has 0 amide bonds. The van der Waals surface area contributed by atoms with Gasteiger partial charge in [-0.05, 0) is 31.4 Å². The molecule has 0 saturated heterocycles. The first kappa shape index (κ1) is 23.1. The van der Waals surface area contributed by atoms with Gasteiger partial charge in [0.05, 0.1) is 19.3 Å². The molecule has 2 rings (SSSR count). The first-order valence-corrected chi connectivity index (χ1v) is 9.30. The molecule has 1 atom stereocenters. The van der Waals surface area contributed by atoms with Crippen LogP contribution in [0, 0.1) is 0 Å². The monoisotopic (exact) mass is 476 g/mol. The minimum Gasteiger partial charge on any atom is -0.390 e. The maximum Gasteiger partial charge on any atom is 0.191 e. The minimum atomic E-state index is -0.465. The highest BCUT2D eigenvalue weighted by Crippen LogP contribution is 2.18. The van der Waals surface area contributed by atoms with Gasteiger partial charge in [0.15, 0.2) is 5.96 Å². The quantitative estimate of drug-likeness (QED) is 0.219. The van der Waals surface area contributed by atoms with Crippen LogP contribution in [0.3, 0.4) is 0 Å². The largest absolute Gasteiger partial charge is 0.390 e. The third-order valence-electron chi connectivity index (χ3n) is 4.23. The minimum absolute atomic E-state index is 0. The van der Waals surface area contributed by atoms with Crippen LogP contribution in [-0.4, -0.2) is 68.0 Å². The van der Waals surface area contributed by atoms with Gasteiger partial charge in [0.2, 0.25) is 0 Å². The Kier molecular flexibility index (Phi) is 11.8. The lowest BCUT2D eigenvalue weighted by Crippen LogP contribution is -2.41. The zero-order chi connectivity index (χ0) is 17.9. The van der Waals surface area contributed by atoms with Crippen molar-refractivity contribution in [3.63, 3.8) is 0 Å². The van der Waals surface area contributed by atoms with E-state index < -0.39 is 6.10 Å². The Morgan fingerprint density at radius 1 is 1.27 bits per heavy atom. The summed E-state index contributed by atoms with van der Waals surface area (Å²) in [5.41, 5.74) is 2.80. The number of nitrogens with one attached hydrogen (secondary N) is 2. The molecule has 0 aromatic heterocycles. The van der Waals surface area contributed by atoms with E-state index in [0.717, 1.165) is 32.0 Å². The lowest BCUT2D eigenvalue weighted by atomic mass is 10.00. The van der Waals surface area contributed by atoms with Gasteiger partial charge in [-0.2, -0.15) is 0 Å². The lowest BCUT2D eigenvalue weighted by molar-refractivity contribution is 0.111. The summed E-state index contributed by atoms with van der Waals surface area (Å²) in [5, 5.41) is 16.8. The fraction of sp³-hybridized carbons (Fsp3) is 0.632. The summed E-state index contributed by atoms with van der Waals surface area (Å²) >= 11 is 0. The maximum absolute atomic E-state index is 10.3. The predicted octanol–water partition coefficient (Wildman–Crippen LogP) is 1.62. The van der Waals surface area contributed by atoms with Crippen LogP contribution in [0.2, 0.25) is 0 Å². The van der Waals surface area contributed by atoms with Gasteiger partial charge in [0.1, 0.15) is 0 Å². The van der Waals surface area contributed by atoms with Crippen LogP contribution in [0.4, 0.5) is 0 Å². The van der Waals surface area contributed by atoms with Crippen molar-refractivity contribution >= 4 is 29.9 Å². The molecule has 0 spiro atoms. The Balaban J connectivity index is 0.00000338. The summed E-state index contributed by atoms with van der Waals surface area (Å²) in [6.07, 6.45) is 0.584. The summed E-state index contributed by atoms with van der Waals surface area (Å²) < 4.78 is 5.32. The summed E-state index contributed by atoms with van der Waals surface area (Å²) in [5.74, 6) is 0.727. The number of guanidine groups is 1. The Hall–Kier alpha value is -0.900. The third-order valence-corrected chi connectivity index (χ3v) is 4.23. The molecule has 0 fully saturated rings. The second-order valence-corrected chi connectivity index (χ2v) is 6.25. The molecule has 1 aromatic rings.